The fraction of sp³-hybridized carbons (Fsp3) is 0.231. The molecule has 0 saturated carbocycles. The van der Waals surface area contributed by atoms with Crippen LogP contribution >= 0.6 is 11.8 Å². The Kier molecular flexibility index (Phi) is 8.40. The summed E-state index contributed by atoms with van der Waals surface area (Å²) in [6.45, 7) is 6.84. The van der Waals surface area contributed by atoms with E-state index in [1.165, 1.54) is 24.8 Å². The quantitative estimate of drug-likeness (QED) is 0.205. The van der Waals surface area contributed by atoms with Crippen molar-refractivity contribution in [2.24, 2.45) is 0 Å². The average Bonchev–Trinajstić information content (AvgIpc) is 2.80. The zero-order chi connectivity index (χ0) is 26.3. The predicted molar refractivity (Wildman–Crippen MR) is 140 cm³/mol. The van der Waals surface area contributed by atoms with E-state index in [4.69, 9.17) is 10.5 Å². The van der Waals surface area contributed by atoms with Gasteiger partial charge in [0.2, 0.25) is 5.91 Å². The number of esters is 1. The molecule has 3 rings (SSSR count). The van der Waals surface area contributed by atoms with Crippen molar-refractivity contribution in [1.82, 2.24) is 15.0 Å². The summed E-state index contributed by atoms with van der Waals surface area (Å²) in [5.41, 5.74) is 8.74. The van der Waals surface area contributed by atoms with E-state index >= 15 is 0 Å². The van der Waals surface area contributed by atoms with Crippen molar-refractivity contribution in [2.45, 2.75) is 44.2 Å². The molecule has 0 aliphatic carbocycles. The molecular weight excluding hydrogens is 476 g/mol. The number of thioether (sulfide) groups is 1. The molecule has 184 valence electrons. The lowest BCUT2D eigenvalue weighted by molar-refractivity contribution is -0.148. The number of nitriles is 1. The van der Waals surface area contributed by atoms with Gasteiger partial charge in [-0.05, 0) is 51.1 Å². The van der Waals surface area contributed by atoms with Crippen LogP contribution in [0.15, 0.2) is 53.7 Å². The van der Waals surface area contributed by atoms with Gasteiger partial charge >= 0.3 is 5.97 Å². The van der Waals surface area contributed by atoms with Gasteiger partial charge in [-0.15, -0.1) is 0 Å². The molecule has 0 atom stereocenters. The van der Waals surface area contributed by atoms with Gasteiger partial charge in [-0.3, -0.25) is 9.78 Å². The number of ether oxygens (including phenoxy) is 1. The van der Waals surface area contributed by atoms with E-state index in [-0.39, 0.29) is 17.3 Å². The number of benzene rings is 1. The van der Waals surface area contributed by atoms with Gasteiger partial charge in [0.25, 0.3) is 0 Å². The number of amides is 1. The van der Waals surface area contributed by atoms with E-state index in [9.17, 15) is 14.9 Å². The molecule has 2 aromatic heterocycles. The van der Waals surface area contributed by atoms with Crippen LogP contribution in [0.25, 0.3) is 17.3 Å². The van der Waals surface area contributed by atoms with Crippen molar-refractivity contribution in [3.05, 3.63) is 65.5 Å². The van der Waals surface area contributed by atoms with Crippen LogP contribution in [0.1, 0.15) is 44.6 Å². The van der Waals surface area contributed by atoms with E-state index in [2.05, 4.69) is 26.3 Å². The molecule has 1 aromatic carbocycles. The van der Waals surface area contributed by atoms with Gasteiger partial charge < -0.3 is 15.8 Å². The second-order valence-electron chi connectivity index (χ2n) is 8.69. The third-order valence-corrected chi connectivity index (χ3v) is 5.36. The lowest BCUT2D eigenvalue weighted by Gasteiger charge is -2.17. The van der Waals surface area contributed by atoms with Crippen molar-refractivity contribution in [3.8, 4) is 17.3 Å². The number of pyridine rings is 1. The number of hydrogen-bond donors (Lipinski definition) is 2. The monoisotopic (exact) mass is 502 g/mol. The maximum atomic E-state index is 11.9. The SMILES string of the molecule is CC(=O)Nc1ccc(-c2nc(SCc3cccc(C=CC(=O)OC(C)(C)C)n3)nc(N)c2C#N)cc1. The Balaban J connectivity index is 1.77. The highest BCUT2D eigenvalue weighted by Gasteiger charge is 2.16. The summed E-state index contributed by atoms with van der Waals surface area (Å²) < 4.78 is 5.27. The minimum atomic E-state index is -0.567. The number of nitrogens with two attached hydrogens (primary N) is 1. The van der Waals surface area contributed by atoms with Gasteiger partial charge in [0.05, 0.1) is 17.1 Å². The molecule has 9 nitrogen and oxygen atoms in total. The van der Waals surface area contributed by atoms with E-state index in [1.807, 2.05) is 12.1 Å². The molecule has 0 aliphatic rings. The predicted octanol–water partition coefficient (Wildman–Crippen LogP) is 4.60. The molecule has 0 aliphatic heterocycles. The third-order valence-electron chi connectivity index (χ3n) is 4.48. The summed E-state index contributed by atoms with van der Waals surface area (Å²) in [5, 5.41) is 12.7. The Morgan fingerprint density at radius 2 is 1.86 bits per heavy atom. The van der Waals surface area contributed by atoms with E-state index < -0.39 is 11.6 Å². The highest BCUT2D eigenvalue weighted by molar-refractivity contribution is 7.98. The van der Waals surface area contributed by atoms with Gasteiger partial charge in [-0.25, -0.2) is 14.8 Å². The zero-order valence-electron chi connectivity index (χ0n) is 20.4. The summed E-state index contributed by atoms with van der Waals surface area (Å²) in [5.74, 6) is -0.0926. The molecule has 1 amide bonds. The smallest absolute Gasteiger partial charge is 0.331 e. The van der Waals surface area contributed by atoms with E-state index in [0.717, 1.165) is 5.69 Å². The number of nitrogens with zero attached hydrogens (tertiary/aromatic N) is 4. The Bertz CT molecular complexity index is 1340. The molecule has 0 saturated heterocycles. The van der Waals surface area contributed by atoms with Crippen molar-refractivity contribution in [3.63, 3.8) is 0 Å². The van der Waals surface area contributed by atoms with Crippen LogP contribution in [0.3, 0.4) is 0 Å². The Morgan fingerprint density at radius 1 is 1.14 bits per heavy atom. The van der Waals surface area contributed by atoms with Gasteiger partial charge in [0.1, 0.15) is 23.1 Å². The number of carbonyl (C=O) groups is 2. The van der Waals surface area contributed by atoms with Crippen LogP contribution < -0.4 is 11.1 Å². The molecule has 0 bridgehead atoms. The van der Waals surface area contributed by atoms with Crippen molar-refractivity contribution in [1.29, 1.82) is 5.26 Å². The third kappa shape index (κ3) is 7.65. The topological polar surface area (TPSA) is 144 Å². The Hall–Kier alpha value is -4.23. The lowest BCUT2D eigenvalue weighted by Crippen LogP contribution is -2.22. The van der Waals surface area contributed by atoms with Crippen molar-refractivity contribution < 1.29 is 14.3 Å². The second-order valence-corrected chi connectivity index (χ2v) is 9.64. The molecule has 0 unspecified atom stereocenters. The second kappa shape index (κ2) is 11.5. The number of carbonyl (C=O) groups excluding carboxylic acids is 2. The minimum Gasteiger partial charge on any atom is -0.457 e. The van der Waals surface area contributed by atoms with Gasteiger partial charge in [-0.1, -0.05) is 30.0 Å². The summed E-state index contributed by atoms with van der Waals surface area (Å²) >= 11 is 1.32. The molecule has 0 fully saturated rings. The van der Waals surface area contributed by atoms with Crippen LogP contribution in [-0.4, -0.2) is 32.4 Å². The normalized spacial score (nSPS) is 11.2. The van der Waals surface area contributed by atoms with Crippen molar-refractivity contribution >= 4 is 41.2 Å². The van der Waals surface area contributed by atoms with Crippen molar-refractivity contribution in [2.75, 3.05) is 11.1 Å². The molecule has 3 N–H and O–H groups in total. The first-order valence-electron chi connectivity index (χ1n) is 11.0. The molecule has 3 aromatic rings. The molecular formula is C26H26N6O3S. The highest BCUT2D eigenvalue weighted by atomic mass is 32.2. The van der Waals surface area contributed by atoms with Gasteiger partial charge in [0.15, 0.2) is 5.16 Å². The summed E-state index contributed by atoms with van der Waals surface area (Å²) in [7, 11) is 0. The largest absolute Gasteiger partial charge is 0.457 e. The number of nitrogen functional groups attached to an aromatic ring is 1. The first-order valence-corrected chi connectivity index (χ1v) is 12.0. The number of aromatic nitrogens is 3. The van der Waals surface area contributed by atoms with Crippen LogP contribution in [0.5, 0.6) is 0 Å². The van der Waals surface area contributed by atoms with Gasteiger partial charge in [0, 0.05) is 30.0 Å². The van der Waals surface area contributed by atoms with E-state index in [1.54, 1.807) is 57.2 Å². The minimum absolute atomic E-state index is 0.0814. The first-order chi connectivity index (χ1) is 17.0. The number of rotatable bonds is 7. The van der Waals surface area contributed by atoms with Crippen LogP contribution in [0.4, 0.5) is 11.5 Å². The summed E-state index contributed by atoms with van der Waals surface area (Å²) in [4.78, 5) is 36.5. The fourth-order valence-electron chi connectivity index (χ4n) is 3.05. The molecule has 36 heavy (non-hydrogen) atoms. The highest BCUT2D eigenvalue weighted by Crippen LogP contribution is 2.29. The number of nitrogens with one attached hydrogen (secondary N) is 1. The van der Waals surface area contributed by atoms with E-state index in [0.29, 0.717) is 33.5 Å². The zero-order valence-corrected chi connectivity index (χ0v) is 21.2. The molecule has 0 radical (unpaired) electrons. The fourth-order valence-corrected chi connectivity index (χ4v) is 3.81. The maximum absolute atomic E-state index is 11.9. The average molecular weight is 503 g/mol. The Morgan fingerprint density at radius 3 is 2.50 bits per heavy atom. The molecule has 0 spiro atoms. The first kappa shape index (κ1) is 26.4. The number of anilines is 2. The summed E-state index contributed by atoms with van der Waals surface area (Å²) in [6, 6.07) is 14.5. The summed E-state index contributed by atoms with van der Waals surface area (Å²) in [6.07, 6.45) is 2.94. The van der Waals surface area contributed by atoms with Gasteiger partial charge in [-0.2, -0.15) is 5.26 Å². The molecule has 2 heterocycles. The molecule has 10 heteroatoms. The standard InChI is InChI=1S/C26H26N6O3S/c1-16(33)29-19-10-8-17(9-11-19)23-21(14-27)24(28)32-25(31-23)36-15-20-7-5-6-18(30-20)12-13-22(34)35-26(2,3)4/h5-13H,15H2,1-4H3,(H,29,33)(H2,28,31,32). The maximum Gasteiger partial charge on any atom is 0.331 e. The van der Waals surface area contributed by atoms with Crippen LogP contribution in [0.2, 0.25) is 0 Å². The van der Waals surface area contributed by atoms with Crippen LogP contribution in [0, 0.1) is 11.3 Å². The Labute approximate surface area is 213 Å². The lowest BCUT2D eigenvalue weighted by atomic mass is 10.1. The van der Waals surface area contributed by atoms with Crippen LogP contribution in [-0.2, 0) is 20.1 Å². The number of hydrogen-bond acceptors (Lipinski definition) is 9.